The summed E-state index contributed by atoms with van der Waals surface area (Å²) in [7, 11) is 0. The Morgan fingerprint density at radius 3 is 2.50 bits per heavy atom. The molecular weight excluding hydrogens is 345 g/mol. The van der Waals surface area contributed by atoms with Gasteiger partial charge in [-0.3, -0.25) is 4.79 Å². The molecule has 1 aromatic carbocycles. The SMILES string of the molecule is NC1CC2CCCC(C1)C2NC(=O)CCc1ccccc1OC(F)(F)F. The lowest BCUT2D eigenvalue weighted by molar-refractivity contribution is -0.274. The van der Waals surface area contributed by atoms with Crippen LogP contribution in [0, 0.1) is 11.8 Å². The number of aryl methyl sites for hydroxylation is 1. The number of rotatable bonds is 5. The van der Waals surface area contributed by atoms with Gasteiger partial charge in [0.1, 0.15) is 5.75 Å². The van der Waals surface area contributed by atoms with Gasteiger partial charge < -0.3 is 15.8 Å². The minimum Gasteiger partial charge on any atom is -0.406 e. The third kappa shape index (κ3) is 4.90. The normalized spacial score (nSPS) is 28.5. The summed E-state index contributed by atoms with van der Waals surface area (Å²) in [5.41, 5.74) is 6.48. The molecule has 2 bridgehead atoms. The number of amides is 1. The number of fused-ring (bicyclic) bond motifs is 2. The van der Waals surface area contributed by atoms with Crippen molar-refractivity contribution in [3.8, 4) is 5.75 Å². The molecule has 0 aliphatic heterocycles. The Morgan fingerprint density at radius 1 is 1.19 bits per heavy atom. The number of carbonyl (C=O) groups excluding carboxylic acids is 1. The molecule has 144 valence electrons. The van der Waals surface area contributed by atoms with E-state index in [1.807, 2.05) is 0 Å². The lowest BCUT2D eigenvalue weighted by Crippen LogP contribution is -2.53. The molecule has 26 heavy (non-hydrogen) atoms. The first-order chi connectivity index (χ1) is 12.3. The number of hydrogen-bond donors (Lipinski definition) is 2. The second-order valence-corrected chi connectivity index (χ2v) is 7.43. The topological polar surface area (TPSA) is 64.3 Å². The second-order valence-electron chi connectivity index (χ2n) is 7.43. The first-order valence-corrected chi connectivity index (χ1v) is 9.20. The fraction of sp³-hybridized carbons (Fsp3) is 0.632. The monoisotopic (exact) mass is 370 g/mol. The summed E-state index contributed by atoms with van der Waals surface area (Å²) in [6.45, 7) is 0. The summed E-state index contributed by atoms with van der Waals surface area (Å²) >= 11 is 0. The average Bonchev–Trinajstić information content (AvgIpc) is 2.53. The minimum atomic E-state index is -4.74. The number of alkyl halides is 3. The van der Waals surface area contributed by atoms with Gasteiger partial charge in [-0.25, -0.2) is 0 Å². The first-order valence-electron chi connectivity index (χ1n) is 9.20. The van der Waals surface area contributed by atoms with E-state index in [1.54, 1.807) is 12.1 Å². The van der Waals surface area contributed by atoms with Crippen molar-refractivity contribution in [2.75, 3.05) is 0 Å². The molecule has 0 aromatic heterocycles. The Labute approximate surface area is 151 Å². The fourth-order valence-corrected chi connectivity index (χ4v) is 4.47. The van der Waals surface area contributed by atoms with E-state index in [0.717, 1.165) is 25.7 Å². The van der Waals surface area contributed by atoms with Crippen molar-refractivity contribution in [3.63, 3.8) is 0 Å². The zero-order chi connectivity index (χ0) is 18.7. The van der Waals surface area contributed by atoms with Gasteiger partial charge in [0.2, 0.25) is 5.91 Å². The van der Waals surface area contributed by atoms with E-state index >= 15 is 0 Å². The van der Waals surface area contributed by atoms with Gasteiger partial charge in [-0.2, -0.15) is 0 Å². The van der Waals surface area contributed by atoms with E-state index in [-0.39, 0.29) is 36.6 Å². The Kier molecular flexibility index (Phi) is 5.75. The number of nitrogens with one attached hydrogen (secondary N) is 1. The van der Waals surface area contributed by atoms with Crippen molar-refractivity contribution in [1.29, 1.82) is 0 Å². The van der Waals surface area contributed by atoms with Crippen LogP contribution < -0.4 is 15.8 Å². The van der Waals surface area contributed by atoms with Crippen LogP contribution in [0.25, 0.3) is 0 Å². The van der Waals surface area contributed by atoms with Gasteiger partial charge in [0.25, 0.3) is 0 Å². The van der Waals surface area contributed by atoms with Crippen LogP contribution in [0.2, 0.25) is 0 Å². The van der Waals surface area contributed by atoms with Gasteiger partial charge in [-0.15, -0.1) is 13.2 Å². The maximum Gasteiger partial charge on any atom is 0.573 e. The van der Waals surface area contributed by atoms with Gasteiger partial charge in [-0.1, -0.05) is 24.6 Å². The molecule has 4 nitrogen and oxygen atoms in total. The van der Waals surface area contributed by atoms with Crippen LogP contribution in [-0.2, 0) is 11.2 Å². The number of nitrogens with two attached hydrogens (primary N) is 1. The Bertz CT molecular complexity index is 621. The highest BCUT2D eigenvalue weighted by molar-refractivity contribution is 5.76. The molecule has 2 aliphatic carbocycles. The second kappa shape index (κ2) is 7.86. The Morgan fingerprint density at radius 2 is 1.85 bits per heavy atom. The molecule has 0 spiro atoms. The highest BCUT2D eigenvalue weighted by Gasteiger charge is 2.39. The Hall–Kier alpha value is -1.76. The minimum absolute atomic E-state index is 0.121. The molecule has 0 heterocycles. The highest BCUT2D eigenvalue weighted by atomic mass is 19.4. The highest BCUT2D eigenvalue weighted by Crippen LogP contribution is 2.39. The number of hydrogen-bond acceptors (Lipinski definition) is 3. The summed E-state index contributed by atoms with van der Waals surface area (Å²) in [5.74, 6) is 0.474. The van der Waals surface area contributed by atoms with Crippen LogP contribution in [-0.4, -0.2) is 24.4 Å². The molecule has 1 amide bonds. The molecule has 7 heteroatoms. The van der Waals surface area contributed by atoms with Crippen molar-refractivity contribution in [1.82, 2.24) is 5.32 Å². The third-order valence-corrected chi connectivity index (χ3v) is 5.52. The summed E-state index contributed by atoms with van der Waals surface area (Å²) in [6.07, 6.45) is 0.815. The zero-order valence-corrected chi connectivity index (χ0v) is 14.6. The standard InChI is InChI=1S/C19H25F3N2O2/c20-19(21,22)26-16-7-2-1-4-12(16)8-9-17(25)24-18-13-5-3-6-14(18)11-15(23)10-13/h1-2,4,7,13-15,18H,3,5-6,8-11,23H2,(H,24,25). The maximum atomic E-state index is 12.5. The van der Waals surface area contributed by atoms with Gasteiger partial charge in [-0.05, 0) is 55.6 Å². The largest absolute Gasteiger partial charge is 0.573 e. The quantitative estimate of drug-likeness (QED) is 0.833. The summed E-state index contributed by atoms with van der Waals surface area (Å²) in [4.78, 5) is 12.4. The van der Waals surface area contributed by atoms with E-state index in [2.05, 4.69) is 10.1 Å². The number of halogens is 3. The van der Waals surface area contributed by atoms with Crippen LogP contribution in [0.5, 0.6) is 5.75 Å². The molecule has 0 saturated heterocycles. The Balaban J connectivity index is 1.57. The van der Waals surface area contributed by atoms with Crippen LogP contribution in [0.15, 0.2) is 24.3 Å². The summed E-state index contributed by atoms with van der Waals surface area (Å²) in [5, 5.41) is 3.12. The summed E-state index contributed by atoms with van der Waals surface area (Å²) < 4.78 is 41.5. The van der Waals surface area contributed by atoms with Crippen LogP contribution in [0.1, 0.15) is 44.1 Å². The van der Waals surface area contributed by atoms with E-state index in [9.17, 15) is 18.0 Å². The number of benzene rings is 1. The molecule has 2 atom stereocenters. The van der Waals surface area contributed by atoms with Gasteiger partial charge in [0, 0.05) is 18.5 Å². The lowest BCUT2D eigenvalue weighted by atomic mass is 9.67. The van der Waals surface area contributed by atoms with Gasteiger partial charge >= 0.3 is 6.36 Å². The van der Waals surface area contributed by atoms with Crippen LogP contribution in [0.3, 0.4) is 0 Å². The van der Waals surface area contributed by atoms with Crippen LogP contribution in [0.4, 0.5) is 13.2 Å². The van der Waals surface area contributed by atoms with Crippen molar-refractivity contribution in [3.05, 3.63) is 29.8 Å². The predicted octanol–water partition coefficient (Wildman–Crippen LogP) is 3.54. The number of carbonyl (C=O) groups is 1. The van der Waals surface area contributed by atoms with E-state index in [1.165, 1.54) is 18.6 Å². The lowest BCUT2D eigenvalue weighted by Gasteiger charge is -2.45. The molecule has 1 aromatic rings. The number of para-hydroxylation sites is 1. The maximum absolute atomic E-state index is 12.5. The average molecular weight is 370 g/mol. The van der Waals surface area contributed by atoms with Crippen molar-refractivity contribution in [2.45, 2.75) is 63.4 Å². The fourth-order valence-electron chi connectivity index (χ4n) is 4.47. The molecule has 0 radical (unpaired) electrons. The predicted molar refractivity (Wildman–Crippen MR) is 91.4 cm³/mol. The van der Waals surface area contributed by atoms with Crippen molar-refractivity contribution >= 4 is 5.91 Å². The van der Waals surface area contributed by atoms with Gasteiger partial charge in [0.05, 0.1) is 0 Å². The molecule has 3 N–H and O–H groups in total. The van der Waals surface area contributed by atoms with E-state index in [0.29, 0.717) is 17.4 Å². The van der Waals surface area contributed by atoms with Crippen molar-refractivity contribution in [2.24, 2.45) is 17.6 Å². The van der Waals surface area contributed by atoms with Gasteiger partial charge in [0.15, 0.2) is 0 Å². The molecule has 2 fully saturated rings. The van der Waals surface area contributed by atoms with E-state index < -0.39 is 6.36 Å². The zero-order valence-electron chi connectivity index (χ0n) is 14.6. The van der Waals surface area contributed by atoms with E-state index in [4.69, 9.17) is 5.73 Å². The number of ether oxygens (including phenoxy) is 1. The summed E-state index contributed by atoms with van der Waals surface area (Å²) in [6, 6.07) is 6.32. The third-order valence-electron chi connectivity index (χ3n) is 5.52. The smallest absolute Gasteiger partial charge is 0.406 e. The molecular formula is C19H25F3N2O2. The molecule has 2 aliphatic rings. The molecule has 2 saturated carbocycles. The van der Waals surface area contributed by atoms with Crippen LogP contribution >= 0.6 is 0 Å². The molecule has 3 rings (SSSR count). The molecule has 2 unspecified atom stereocenters. The van der Waals surface area contributed by atoms with Crippen molar-refractivity contribution < 1.29 is 22.7 Å². The first kappa shape index (κ1) is 19.0.